The summed E-state index contributed by atoms with van der Waals surface area (Å²) in [6, 6.07) is 7.82. The third-order valence-electron chi connectivity index (χ3n) is 3.83. The zero-order valence-corrected chi connectivity index (χ0v) is 12.4. The highest BCUT2D eigenvalue weighted by Crippen LogP contribution is 2.30. The highest BCUT2D eigenvalue weighted by molar-refractivity contribution is 5.94. The fourth-order valence-corrected chi connectivity index (χ4v) is 2.32. The summed E-state index contributed by atoms with van der Waals surface area (Å²) in [5.41, 5.74) is 5.11. The fourth-order valence-electron chi connectivity index (χ4n) is 2.32. The SMILES string of the molecule is Cc1n[nH]c(C)c1CNc1cccc(NC(=O)C2CC2)c1. The van der Waals surface area contributed by atoms with Gasteiger partial charge in [-0.2, -0.15) is 5.10 Å². The molecule has 5 heteroatoms. The first-order chi connectivity index (χ1) is 10.1. The van der Waals surface area contributed by atoms with Crippen molar-refractivity contribution in [2.45, 2.75) is 33.2 Å². The molecule has 1 saturated carbocycles. The summed E-state index contributed by atoms with van der Waals surface area (Å²) < 4.78 is 0. The number of nitrogens with zero attached hydrogens (tertiary/aromatic N) is 1. The van der Waals surface area contributed by atoms with Crippen molar-refractivity contribution >= 4 is 17.3 Å². The topological polar surface area (TPSA) is 69.8 Å². The lowest BCUT2D eigenvalue weighted by atomic mass is 10.2. The molecular formula is C16H20N4O. The summed E-state index contributed by atoms with van der Waals surface area (Å²) in [5.74, 6) is 0.353. The number of benzene rings is 1. The molecule has 1 amide bonds. The van der Waals surface area contributed by atoms with Crippen LogP contribution in [0, 0.1) is 19.8 Å². The zero-order valence-electron chi connectivity index (χ0n) is 12.4. The molecule has 1 fully saturated rings. The second-order valence-electron chi connectivity index (χ2n) is 5.61. The van der Waals surface area contributed by atoms with Crippen LogP contribution >= 0.6 is 0 Å². The third kappa shape index (κ3) is 3.24. The summed E-state index contributed by atoms with van der Waals surface area (Å²) in [6.07, 6.45) is 2.03. The van der Waals surface area contributed by atoms with Crippen LogP contribution < -0.4 is 10.6 Å². The zero-order chi connectivity index (χ0) is 14.8. The van der Waals surface area contributed by atoms with E-state index in [0.717, 1.165) is 35.6 Å². The normalized spacial score (nSPS) is 14.0. The molecule has 110 valence electrons. The van der Waals surface area contributed by atoms with Gasteiger partial charge >= 0.3 is 0 Å². The van der Waals surface area contributed by atoms with Crippen LogP contribution in [0.25, 0.3) is 0 Å². The quantitative estimate of drug-likeness (QED) is 0.790. The minimum Gasteiger partial charge on any atom is -0.381 e. The van der Waals surface area contributed by atoms with Gasteiger partial charge in [-0.25, -0.2) is 0 Å². The van der Waals surface area contributed by atoms with Gasteiger partial charge < -0.3 is 10.6 Å². The van der Waals surface area contributed by atoms with Crippen molar-refractivity contribution in [3.05, 3.63) is 41.2 Å². The van der Waals surface area contributed by atoms with Crippen LogP contribution in [0.3, 0.4) is 0 Å². The predicted molar refractivity (Wildman–Crippen MR) is 83.2 cm³/mol. The maximum atomic E-state index is 11.8. The minimum atomic E-state index is 0.133. The number of amides is 1. The summed E-state index contributed by atoms with van der Waals surface area (Å²) in [6.45, 7) is 4.73. The first-order valence-corrected chi connectivity index (χ1v) is 7.28. The Labute approximate surface area is 124 Å². The molecule has 1 heterocycles. The number of hydrogen-bond acceptors (Lipinski definition) is 3. The van der Waals surface area contributed by atoms with Crippen molar-refractivity contribution in [3.63, 3.8) is 0 Å². The molecule has 1 aliphatic rings. The van der Waals surface area contributed by atoms with E-state index in [1.54, 1.807) is 0 Å². The van der Waals surface area contributed by atoms with E-state index in [9.17, 15) is 4.79 Å². The summed E-state index contributed by atoms with van der Waals surface area (Å²) in [5, 5.41) is 13.5. The Morgan fingerprint density at radius 2 is 2.10 bits per heavy atom. The molecule has 2 aromatic rings. The molecule has 0 aliphatic heterocycles. The number of hydrogen-bond donors (Lipinski definition) is 3. The molecule has 0 radical (unpaired) electrons. The molecular weight excluding hydrogens is 264 g/mol. The number of carbonyl (C=O) groups excluding carboxylic acids is 1. The van der Waals surface area contributed by atoms with Crippen LogP contribution in [0.4, 0.5) is 11.4 Å². The van der Waals surface area contributed by atoms with Crippen molar-refractivity contribution in [1.29, 1.82) is 0 Å². The average Bonchev–Trinajstić information content (AvgIpc) is 3.26. The molecule has 0 atom stereocenters. The van der Waals surface area contributed by atoms with Gasteiger partial charge in [0.2, 0.25) is 5.91 Å². The number of rotatable bonds is 5. The van der Waals surface area contributed by atoms with Gasteiger partial charge in [-0.1, -0.05) is 6.07 Å². The Bertz CT molecular complexity index is 639. The van der Waals surface area contributed by atoms with Crippen molar-refractivity contribution in [2.75, 3.05) is 10.6 Å². The Morgan fingerprint density at radius 3 is 2.76 bits per heavy atom. The maximum Gasteiger partial charge on any atom is 0.227 e. The summed E-state index contributed by atoms with van der Waals surface area (Å²) in [4.78, 5) is 11.8. The van der Waals surface area contributed by atoms with Gasteiger partial charge in [-0.15, -0.1) is 0 Å². The molecule has 21 heavy (non-hydrogen) atoms. The predicted octanol–water partition coefficient (Wildman–Crippen LogP) is 2.99. The van der Waals surface area contributed by atoms with Crippen LogP contribution in [-0.2, 0) is 11.3 Å². The lowest BCUT2D eigenvalue weighted by molar-refractivity contribution is -0.117. The molecule has 5 nitrogen and oxygen atoms in total. The fraction of sp³-hybridized carbons (Fsp3) is 0.375. The Hall–Kier alpha value is -2.30. The van der Waals surface area contributed by atoms with Gasteiger partial charge in [0, 0.05) is 35.1 Å². The number of anilines is 2. The van der Waals surface area contributed by atoms with Crippen LogP contribution in [0.1, 0.15) is 29.8 Å². The van der Waals surface area contributed by atoms with Crippen LogP contribution in [0.2, 0.25) is 0 Å². The van der Waals surface area contributed by atoms with Crippen molar-refractivity contribution in [1.82, 2.24) is 10.2 Å². The van der Waals surface area contributed by atoms with Gasteiger partial charge in [-0.05, 0) is 44.9 Å². The number of nitrogens with one attached hydrogen (secondary N) is 3. The van der Waals surface area contributed by atoms with Crippen LogP contribution in [-0.4, -0.2) is 16.1 Å². The van der Waals surface area contributed by atoms with E-state index >= 15 is 0 Å². The van der Waals surface area contributed by atoms with E-state index in [2.05, 4.69) is 20.8 Å². The largest absolute Gasteiger partial charge is 0.381 e. The first kappa shape index (κ1) is 13.7. The van der Waals surface area contributed by atoms with Crippen molar-refractivity contribution < 1.29 is 4.79 Å². The lowest BCUT2D eigenvalue weighted by Crippen LogP contribution is -2.13. The Morgan fingerprint density at radius 1 is 1.33 bits per heavy atom. The monoisotopic (exact) mass is 284 g/mol. The van der Waals surface area contributed by atoms with Crippen molar-refractivity contribution in [3.8, 4) is 0 Å². The molecule has 0 unspecified atom stereocenters. The molecule has 0 saturated heterocycles. The average molecular weight is 284 g/mol. The van der Waals surface area contributed by atoms with Gasteiger partial charge in [0.15, 0.2) is 0 Å². The van der Waals surface area contributed by atoms with E-state index in [1.165, 1.54) is 5.56 Å². The van der Waals surface area contributed by atoms with Crippen molar-refractivity contribution in [2.24, 2.45) is 5.92 Å². The summed E-state index contributed by atoms with van der Waals surface area (Å²) in [7, 11) is 0. The second kappa shape index (κ2) is 5.60. The Kier molecular flexibility index (Phi) is 3.64. The molecule has 0 bridgehead atoms. The molecule has 1 aromatic heterocycles. The van der Waals surface area contributed by atoms with E-state index in [0.29, 0.717) is 6.54 Å². The summed E-state index contributed by atoms with van der Waals surface area (Å²) >= 11 is 0. The number of carbonyl (C=O) groups is 1. The smallest absolute Gasteiger partial charge is 0.227 e. The first-order valence-electron chi connectivity index (χ1n) is 7.28. The minimum absolute atomic E-state index is 0.133. The van der Waals surface area contributed by atoms with Gasteiger partial charge in [-0.3, -0.25) is 9.89 Å². The number of aryl methyl sites for hydroxylation is 2. The molecule has 3 N–H and O–H groups in total. The van der Waals surface area contributed by atoms with Gasteiger partial charge in [0.1, 0.15) is 0 Å². The number of aromatic amines is 1. The molecule has 3 rings (SSSR count). The highest BCUT2D eigenvalue weighted by atomic mass is 16.2. The third-order valence-corrected chi connectivity index (χ3v) is 3.83. The lowest BCUT2D eigenvalue weighted by Gasteiger charge is -2.09. The standard InChI is InChI=1S/C16H20N4O/c1-10-15(11(2)20-19-10)9-17-13-4-3-5-14(8-13)18-16(21)12-6-7-12/h3-5,8,12,17H,6-7,9H2,1-2H3,(H,18,21)(H,19,20). The molecule has 1 aromatic carbocycles. The van der Waals surface area contributed by atoms with E-state index in [4.69, 9.17) is 0 Å². The maximum absolute atomic E-state index is 11.8. The number of aromatic nitrogens is 2. The van der Waals surface area contributed by atoms with E-state index in [-0.39, 0.29) is 11.8 Å². The highest BCUT2D eigenvalue weighted by Gasteiger charge is 2.29. The Balaban J connectivity index is 1.64. The molecule has 1 aliphatic carbocycles. The second-order valence-corrected chi connectivity index (χ2v) is 5.61. The van der Waals surface area contributed by atoms with Crippen LogP contribution in [0.15, 0.2) is 24.3 Å². The molecule has 0 spiro atoms. The van der Waals surface area contributed by atoms with Crippen LogP contribution in [0.5, 0.6) is 0 Å². The van der Waals surface area contributed by atoms with Gasteiger partial charge in [0.05, 0.1) is 5.69 Å². The van der Waals surface area contributed by atoms with E-state index < -0.39 is 0 Å². The van der Waals surface area contributed by atoms with E-state index in [1.807, 2.05) is 38.1 Å². The van der Waals surface area contributed by atoms with Gasteiger partial charge in [0.25, 0.3) is 0 Å². The number of H-pyrrole nitrogens is 1.